The lowest BCUT2D eigenvalue weighted by Gasteiger charge is -2.11. The highest BCUT2D eigenvalue weighted by atomic mass is 32.1. The molecule has 2 amide bonds. The van der Waals surface area contributed by atoms with Crippen LogP contribution in [0.2, 0.25) is 0 Å². The van der Waals surface area contributed by atoms with Crippen molar-refractivity contribution in [1.82, 2.24) is 24.5 Å². The Kier molecular flexibility index (Phi) is 6.17. The summed E-state index contributed by atoms with van der Waals surface area (Å²) in [4.78, 5) is 29.7. The van der Waals surface area contributed by atoms with Gasteiger partial charge in [0.1, 0.15) is 15.4 Å². The van der Waals surface area contributed by atoms with Gasteiger partial charge in [0, 0.05) is 35.4 Å². The number of primary amides is 1. The summed E-state index contributed by atoms with van der Waals surface area (Å²) < 4.78 is 30.8. The van der Waals surface area contributed by atoms with Gasteiger partial charge in [-0.3, -0.25) is 19.0 Å². The number of carbonyl (C=O) groups is 2. The summed E-state index contributed by atoms with van der Waals surface area (Å²) in [7, 11) is 0. The largest absolute Gasteiger partial charge is 0.365 e. The van der Waals surface area contributed by atoms with Gasteiger partial charge in [0.25, 0.3) is 18.2 Å². The number of alkyl halides is 2. The molecule has 4 aromatic rings. The average molecular weight is 488 g/mol. The highest BCUT2D eigenvalue weighted by Gasteiger charge is 2.27. The van der Waals surface area contributed by atoms with E-state index >= 15 is 0 Å². The van der Waals surface area contributed by atoms with Crippen LogP contribution in [0.25, 0.3) is 21.3 Å². The molecule has 0 saturated heterocycles. The van der Waals surface area contributed by atoms with Crippen LogP contribution in [-0.4, -0.2) is 36.4 Å². The number of fused-ring (bicyclic) bond motifs is 1. The van der Waals surface area contributed by atoms with Crippen LogP contribution < -0.4 is 11.1 Å². The maximum Gasteiger partial charge on any atom is 0.280 e. The summed E-state index contributed by atoms with van der Waals surface area (Å²) in [5.41, 5.74) is 8.00. The molecule has 3 N–H and O–H groups in total. The fourth-order valence-electron chi connectivity index (χ4n) is 3.93. The number of halogens is 2. The van der Waals surface area contributed by atoms with E-state index in [1.807, 2.05) is 20.8 Å². The van der Waals surface area contributed by atoms with Crippen molar-refractivity contribution >= 4 is 39.1 Å². The number of anilines is 1. The minimum Gasteiger partial charge on any atom is -0.365 e. The zero-order valence-electron chi connectivity index (χ0n) is 19.0. The molecule has 0 aromatic carbocycles. The van der Waals surface area contributed by atoms with Crippen LogP contribution >= 0.6 is 11.3 Å². The molecule has 0 fully saturated rings. The van der Waals surface area contributed by atoms with Gasteiger partial charge in [0.05, 0.1) is 23.6 Å². The van der Waals surface area contributed by atoms with Crippen molar-refractivity contribution in [3.63, 3.8) is 0 Å². The normalized spacial score (nSPS) is 11.5. The Morgan fingerprint density at radius 2 is 1.74 bits per heavy atom. The first-order chi connectivity index (χ1) is 16.2. The molecule has 0 radical (unpaired) electrons. The number of thiophene rings is 1. The molecule has 0 aliphatic heterocycles. The van der Waals surface area contributed by atoms with Crippen molar-refractivity contribution in [2.75, 3.05) is 5.32 Å². The Hall–Kier alpha value is -3.67. The van der Waals surface area contributed by atoms with E-state index in [-0.39, 0.29) is 15.4 Å². The van der Waals surface area contributed by atoms with E-state index < -0.39 is 23.9 Å². The molecule has 0 bridgehead atoms. The van der Waals surface area contributed by atoms with Gasteiger partial charge in [-0.15, -0.1) is 11.3 Å². The second-order valence-corrected chi connectivity index (χ2v) is 8.62. The van der Waals surface area contributed by atoms with Gasteiger partial charge >= 0.3 is 0 Å². The van der Waals surface area contributed by atoms with E-state index in [1.54, 1.807) is 22.5 Å². The zero-order chi connectivity index (χ0) is 24.7. The lowest BCUT2D eigenvalue weighted by atomic mass is 10.0. The van der Waals surface area contributed by atoms with Crippen molar-refractivity contribution in [3.8, 4) is 11.1 Å². The number of hydrogen-bond donors (Lipinski definition) is 2. The summed E-state index contributed by atoms with van der Waals surface area (Å²) in [5.74, 6) is -1.30. The number of pyridine rings is 1. The number of rotatable bonds is 7. The van der Waals surface area contributed by atoms with E-state index in [9.17, 15) is 18.4 Å². The number of nitrogens with one attached hydrogen (secondary N) is 1. The predicted molar refractivity (Wildman–Crippen MR) is 125 cm³/mol. The number of carbonyl (C=O) groups excluding carboxylic acids is 2. The Balaban J connectivity index is 1.97. The van der Waals surface area contributed by atoms with Gasteiger partial charge < -0.3 is 11.1 Å². The van der Waals surface area contributed by atoms with Gasteiger partial charge in [0.15, 0.2) is 0 Å². The smallest absolute Gasteiger partial charge is 0.280 e. The molecule has 4 heterocycles. The molecule has 0 saturated carbocycles. The highest BCUT2D eigenvalue weighted by molar-refractivity contribution is 7.21. The SMILES string of the molecule is CCn1ncc(C(=O)Nc2c(C(N)=O)sc3nc(C(F)F)cc(-c4cnn(CC)c4C)c23)c1C. The molecule has 9 nitrogen and oxygen atoms in total. The maximum absolute atomic E-state index is 13.7. The third-order valence-electron chi connectivity index (χ3n) is 5.71. The van der Waals surface area contributed by atoms with Gasteiger partial charge in [-0.05, 0) is 39.3 Å². The summed E-state index contributed by atoms with van der Waals surface area (Å²) in [6.45, 7) is 8.56. The molecule has 0 aliphatic rings. The molecule has 0 unspecified atom stereocenters. The molecule has 4 rings (SSSR count). The Morgan fingerprint density at radius 1 is 1.09 bits per heavy atom. The van der Waals surface area contributed by atoms with Crippen LogP contribution in [0.15, 0.2) is 18.5 Å². The third-order valence-corrected chi connectivity index (χ3v) is 6.81. The first-order valence-electron chi connectivity index (χ1n) is 10.6. The average Bonchev–Trinajstić information content (AvgIpc) is 3.47. The summed E-state index contributed by atoms with van der Waals surface area (Å²) in [6.07, 6.45) is 0.186. The van der Waals surface area contributed by atoms with Crippen LogP contribution in [0, 0.1) is 13.8 Å². The third kappa shape index (κ3) is 3.83. The fourth-order valence-corrected chi connectivity index (χ4v) is 4.95. The molecular weight excluding hydrogens is 464 g/mol. The second kappa shape index (κ2) is 8.93. The van der Waals surface area contributed by atoms with Gasteiger partial charge in [-0.25, -0.2) is 13.8 Å². The van der Waals surface area contributed by atoms with Crippen LogP contribution in [0.4, 0.5) is 14.5 Å². The quantitative estimate of drug-likeness (QED) is 0.403. The molecule has 178 valence electrons. The summed E-state index contributed by atoms with van der Waals surface area (Å²) in [6, 6.07) is 1.27. The number of amides is 2. The first kappa shape index (κ1) is 23.5. The fraction of sp³-hybridized carbons (Fsp3) is 0.318. The van der Waals surface area contributed by atoms with Crippen molar-refractivity contribution in [1.29, 1.82) is 0 Å². The van der Waals surface area contributed by atoms with Crippen LogP contribution in [0.1, 0.15) is 57.4 Å². The molecule has 34 heavy (non-hydrogen) atoms. The summed E-state index contributed by atoms with van der Waals surface area (Å²) in [5, 5.41) is 11.6. The number of aryl methyl sites for hydroxylation is 2. The van der Waals surface area contributed by atoms with Crippen molar-refractivity contribution in [3.05, 3.63) is 46.0 Å². The molecule has 0 spiro atoms. The number of hydrogen-bond acceptors (Lipinski definition) is 6. The minimum atomic E-state index is -2.83. The van der Waals surface area contributed by atoms with E-state index in [2.05, 4.69) is 20.5 Å². The van der Waals surface area contributed by atoms with Gasteiger partial charge in [0.2, 0.25) is 0 Å². The molecule has 0 aliphatic carbocycles. The number of aromatic nitrogens is 5. The van der Waals surface area contributed by atoms with Crippen LogP contribution in [0.3, 0.4) is 0 Å². The maximum atomic E-state index is 13.7. The highest BCUT2D eigenvalue weighted by Crippen LogP contribution is 2.43. The monoisotopic (exact) mass is 487 g/mol. The van der Waals surface area contributed by atoms with Crippen LogP contribution in [-0.2, 0) is 13.1 Å². The standard InChI is InChI=1S/C22H23F2N7O2S/c1-5-30-10(3)13(8-26-30)12-7-15(19(23)24)28-22-16(12)17(18(34-22)20(25)32)29-21(33)14-9-27-31(6-2)11(14)4/h7-9,19H,5-6H2,1-4H3,(H2,25,32)(H,29,33). The lowest BCUT2D eigenvalue weighted by molar-refractivity contribution is 0.100. The van der Waals surface area contributed by atoms with Crippen molar-refractivity contribution in [2.45, 2.75) is 47.2 Å². The van der Waals surface area contributed by atoms with E-state index in [4.69, 9.17) is 5.73 Å². The minimum absolute atomic E-state index is 0.0181. The van der Waals surface area contributed by atoms with Gasteiger partial charge in [-0.1, -0.05) is 0 Å². The number of nitrogens with two attached hydrogens (primary N) is 1. The predicted octanol–water partition coefficient (Wildman–Crippen LogP) is 4.30. The molecule has 4 aromatic heterocycles. The Labute approximate surface area is 197 Å². The van der Waals surface area contributed by atoms with E-state index in [1.165, 1.54) is 12.3 Å². The number of nitrogens with zero attached hydrogens (tertiary/aromatic N) is 5. The summed E-state index contributed by atoms with van der Waals surface area (Å²) >= 11 is 0.860. The molecule has 0 atom stereocenters. The Morgan fingerprint density at radius 3 is 2.29 bits per heavy atom. The van der Waals surface area contributed by atoms with E-state index in [0.717, 1.165) is 17.0 Å². The topological polar surface area (TPSA) is 121 Å². The Bertz CT molecular complexity index is 1420. The molecule has 12 heteroatoms. The second-order valence-electron chi connectivity index (χ2n) is 7.62. The zero-order valence-corrected chi connectivity index (χ0v) is 19.8. The van der Waals surface area contributed by atoms with Crippen molar-refractivity contribution < 1.29 is 18.4 Å². The van der Waals surface area contributed by atoms with E-state index in [0.29, 0.717) is 40.9 Å². The molecular formula is C22H23F2N7O2S. The van der Waals surface area contributed by atoms with Crippen LogP contribution in [0.5, 0.6) is 0 Å². The first-order valence-corrected chi connectivity index (χ1v) is 11.4. The van der Waals surface area contributed by atoms with Crippen molar-refractivity contribution in [2.24, 2.45) is 5.73 Å². The lowest BCUT2D eigenvalue weighted by Crippen LogP contribution is -2.17. The van der Waals surface area contributed by atoms with Gasteiger partial charge in [-0.2, -0.15) is 10.2 Å².